The van der Waals surface area contributed by atoms with E-state index in [-0.39, 0.29) is 25.6 Å². The molecule has 2 rings (SSSR count). The quantitative estimate of drug-likeness (QED) is 0.846. The van der Waals surface area contributed by atoms with Gasteiger partial charge in [0, 0.05) is 0 Å². The molecule has 5 nitrogen and oxygen atoms in total. The van der Waals surface area contributed by atoms with E-state index in [9.17, 15) is 8.78 Å². The molecule has 0 fully saturated rings. The molecule has 2 aromatic rings. The standard InChI is InChI=1S/C13H16F2N4O.ClH/c14-13(15,12(16)8-19-17-6-7-18-19)10-20-9-11-4-2-1-3-5-11;/h1-7,12H,8-10,16H2;1H. The van der Waals surface area contributed by atoms with E-state index in [4.69, 9.17) is 10.5 Å². The Kier molecular flexibility index (Phi) is 6.67. The molecule has 1 aromatic carbocycles. The van der Waals surface area contributed by atoms with E-state index in [1.54, 1.807) is 0 Å². The summed E-state index contributed by atoms with van der Waals surface area (Å²) in [4.78, 5) is 1.13. The maximum Gasteiger partial charge on any atom is 0.287 e. The topological polar surface area (TPSA) is 66.0 Å². The third-order valence-electron chi connectivity index (χ3n) is 2.78. The van der Waals surface area contributed by atoms with Crippen LogP contribution in [0.3, 0.4) is 0 Å². The number of rotatable bonds is 7. The van der Waals surface area contributed by atoms with Crippen molar-refractivity contribution in [3.63, 3.8) is 0 Å². The zero-order valence-electron chi connectivity index (χ0n) is 11.2. The fourth-order valence-corrected chi connectivity index (χ4v) is 1.63. The molecule has 0 aliphatic carbocycles. The molecule has 0 saturated carbocycles. The molecule has 1 unspecified atom stereocenters. The van der Waals surface area contributed by atoms with Crippen molar-refractivity contribution in [2.24, 2.45) is 5.73 Å². The Bertz CT molecular complexity index is 510. The van der Waals surface area contributed by atoms with Gasteiger partial charge in [0.15, 0.2) is 0 Å². The fourth-order valence-electron chi connectivity index (χ4n) is 1.63. The molecule has 1 heterocycles. The molecule has 0 aliphatic heterocycles. The smallest absolute Gasteiger partial charge is 0.287 e. The molecule has 0 saturated heterocycles. The molecule has 2 N–H and O–H groups in total. The number of halogens is 3. The van der Waals surface area contributed by atoms with Crippen LogP contribution in [0.25, 0.3) is 0 Å². The van der Waals surface area contributed by atoms with Gasteiger partial charge in [-0.3, -0.25) is 0 Å². The Labute approximate surface area is 127 Å². The average Bonchev–Trinajstić information content (AvgIpc) is 2.92. The van der Waals surface area contributed by atoms with Gasteiger partial charge >= 0.3 is 0 Å². The van der Waals surface area contributed by atoms with Gasteiger partial charge in [-0.15, -0.1) is 12.4 Å². The van der Waals surface area contributed by atoms with Crippen LogP contribution in [0.5, 0.6) is 0 Å². The number of nitrogens with zero attached hydrogens (tertiary/aromatic N) is 3. The van der Waals surface area contributed by atoms with E-state index in [0.29, 0.717) is 0 Å². The maximum absolute atomic E-state index is 13.8. The summed E-state index contributed by atoms with van der Waals surface area (Å²) in [5.41, 5.74) is 6.33. The lowest BCUT2D eigenvalue weighted by Crippen LogP contribution is -2.47. The minimum Gasteiger partial charge on any atom is -0.370 e. The predicted molar refractivity (Wildman–Crippen MR) is 76.3 cm³/mol. The van der Waals surface area contributed by atoms with Crippen molar-refractivity contribution in [2.75, 3.05) is 6.61 Å². The van der Waals surface area contributed by atoms with Crippen molar-refractivity contribution in [1.29, 1.82) is 0 Å². The number of alkyl halides is 2. The fraction of sp³-hybridized carbons (Fsp3) is 0.385. The summed E-state index contributed by atoms with van der Waals surface area (Å²) in [6.07, 6.45) is 2.83. The van der Waals surface area contributed by atoms with Crippen molar-refractivity contribution in [3.05, 3.63) is 48.3 Å². The van der Waals surface area contributed by atoms with Gasteiger partial charge in [0.25, 0.3) is 5.92 Å². The van der Waals surface area contributed by atoms with Crippen molar-refractivity contribution in [3.8, 4) is 0 Å². The zero-order chi connectivity index (χ0) is 14.4. The minimum absolute atomic E-state index is 0. The average molecular weight is 319 g/mol. The number of benzene rings is 1. The lowest BCUT2D eigenvalue weighted by atomic mass is 10.1. The first kappa shape index (κ1) is 17.5. The third kappa shape index (κ3) is 5.37. The number of nitrogens with two attached hydrogens (primary N) is 1. The summed E-state index contributed by atoms with van der Waals surface area (Å²) >= 11 is 0. The van der Waals surface area contributed by atoms with Crippen LogP contribution in [0, 0.1) is 0 Å². The van der Waals surface area contributed by atoms with Crippen molar-refractivity contribution >= 4 is 12.4 Å². The molecule has 8 heteroatoms. The van der Waals surface area contributed by atoms with Crippen LogP contribution >= 0.6 is 12.4 Å². The monoisotopic (exact) mass is 318 g/mol. The number of hydrogen-bond donors (Lipinski definition) is 1. The van der Waals surface area contributed by atoms with E-state index in [2.05, 4.69) is 10.2 Å². The molecule has 0 aliphatic rings. The molecular weight excluding hydrogens is 302 g/mol. The highest BCUT2D eigenvalue weighted by Gasteiger charge is 2.38. The highest BCUT2D eigenvalue weighted by molar-refractivity contribution is 5.85. The maximum atomic E-state index is 13.8. The van der Waals surface area contributed by atoms with Crippen LogP contribution in [0.4, 0.5) is 8.78 Å². The van der Waals surface area contributed by atoms with E-state index in [0.717, 1.165) is 10.4 Å². The number of aromatic nitrogens is 3. The van der Waals surface area contributed by atoms with Crippen molar-refractivity contribution in [1.82, 2.24) is 15.0 Å². The van der Waals surface area contributed by atoms with E-state index >= 15 is 0 Å². The first-order valence-corrected chi connectivity index (χ1v) is 6.17. The summed E-state index contributed by atoms with van der Waals surface area (Å²) in [6, 6.07) is 7.73. The zero-order valence-corrected chi connectivity index (χ0v) is 12.0. The van der Waals surface area contributed by atoms with Crippen LogP contribution < -0.4 is 5.73 Å². The lowest BCUT2D eigenvalue weighted by Gasteiger charge is -2.22. The summed E-state index contributed by atoms with van der Waals surface area (Å²) in [5.74, 6) is -3.14. The first-order chi connectivity index (χ1) is 9.58. The van der Waals surface area contributed by atoms with Gasteiger partial charge in [0.05, 0.1) is 31.6 Å². The second-order valence-corrected chi connectivity index (χ2v) is 4.43. The number of hydrogen-bond acceptors (Lipinski definition) is 4. The van der Waals surface area contributed by atoms with E-state index in [1.165, 1.54) is 12.4 Å². The molecule has 0 spiro atoms. The third-order valence-corrected chi connectivity index (χ3v) is 2.78. The predicted octanol–water partition coefficient (Wildman–Crippen LogP) is 1.88. The molecule has 0 bridgehead atoms. The Morgan fingerprint density at radius 2 is 1.81 bits per heavy atom. The Morgan fingerprint density at radius 3 is 2.43 bits per heavy atom. The van der Waals surface area contributed by atoms with E-state index < -0.39 is 18.6 Å². The molecule has 0 radical (unpaired) electrons. The van der Waals surface area contributed by atoms with Gasteiger partial charge in [-0.1, -0.05) is 30.3 Å². The summed E-state index contributed by atoms with van der Waals surface area (Å²) < 4.78 is 32.6. The van der Waals surface area contributed by atoms with Crippen molar-refractivity contribution in [2.45, 2.75) is 25.1 Å². The van der Waals surface area contributed by atoms with Gasteiger partial charge in [-0.2, -0.15) is 15.0 Å². The van der Waals surface area contributed by atoms with Crippen LogP contribution in [0.2, 0.25) is 0 Å². The molecule has 0 amide bonds. The highest BCUT2D eigenvalue weighted by Crippen LogP contribution is 2.19. The minimum atomic E-state index is -3.14. The molecule has 21 heavy (non-hydrogen) atoms. The second kappa shape index (κ2) is 8.02. The largest absolute Gasteiger partial charge is 0.370 e. The van der Waals surface area contributed by atoms with Gasteiger partial charge in [0.2, 0.25) is 0 Å². The summed E-state index contributed by atoms with van der Waals surface area (Å²) in [6.45, 7) is -0.762. The van der Waals surface area contributed by atoms with Gasteiger partial charge in [0.1, 0.15) is 6.61 Å². The Balaban J connectivity index is 0.00000220. The van der Waals surface area contributed by atoms with Crippen LogP contribution in [0.15, 0.2) is 42.7 Å². The highest BCUT2D eigenvalue weighted by atomic mass is 35.5. The van der Waals surface area contributed by atoms with Gasteiger partial charge in [-0.25, -0.2) is 8.78 Å². The van der Waals surface area contributed by atoms with Crippen LogP contribution in [-0.2, 0) is 17.9 Å². The lowest BCUT2D eigenvalue weighted by molar-refractivity contribution is -0.101. The van der Waals surface area contributed by atoms with Gasteiger partial charge < -0.3 is 10.5 Å². The SMILES string of the molecule is Cl.NC(Cn1nccn1)C(F)(F)COCc1ccccc1. The summed E-state index contributed by atoms with van der Waals surface area (Å²) in [5, 5.41) is 7.50. The van der Waals surface area contributed by atoms with Crippen LogP contribution in [-0.4, -0.2) is 33.6 Å². The Hall–Kier alpha value is -1.57. The van der Waals surface area contributed by atoms with E-state index in [1.807, 2.05) is 30.3 Å². The first-order valence-electron chi connectivity index (χ1n) is 6.17. The number of ether oxygens (including phenoxy) is 1. The molecule has 116 valence electrons. The normalized spacial score (nSPS) is 12.7. The second-order valence-electron chi connectivity index (χ2n) is 4.43. The van der Waals surface area contributed by atoms with Crippen molar-refractivity contribution < 1.29 is 13.5 Å². The molecular formula is C13H17ClF2N4O. The van der Waals surface area contributed by atoms with Gasteiger partial charge in [-0.05, 0) is 5.56 Å². The van der Waals surface area contributed by atoms with Crippen LogP contribution in [0.1, 0.15) is 5.56 Å². The summed E-state index contributed by atoms with van der Waals surface area (Å²) in [7, 11) is 0. The molecule has 1 atom stereocenters. The Morgan fingerprint density at radius 1 is 1.19 bits per heavy atom. The molecule has 1 aromatic heterocycles.